The van der Waals surface area contributed by atoms with E-state index >= 15 is 0 Å². The van der Waals surface area contributed by atoms with E-state index < -0.39 is 0 Å². The summed E-state index contributed by atoms with van der Waals surface area (Å²) in [6, 6.07) is 8.98. The van der Waals surface area contributed by atoms with Gasteiger partial charge in [-0.05, 0) is 29.9 Å². The summed E-state index contributed by atoms with van der Waals surface area (Å²) in [4.78, 5) is 8.76. The Morgan fingerprint density at radius 3 is 2.00 bits per heavy atom. The number of benzene rings is 1. The van der Waals surface area contributed by atoms with Crippen LogP contribution in [0.2, 0.25) is 0 Å². The van der Waals surface area contributed by atoms with E-state index in [1.807, 2.05) is 28.2 Å². The highest BCUT2D eigenvalue weighted by Gasteiger charge is 2.03. The smallest absolute Gasteiger partial charge is 0.195 e. The molecule has 1 aromatic carbocycles. The Balaban J connectivity index is 2.46. The first kappa shape index (κ1) is 16.5. The Morgan fingerprint density at radius 2 is 1.55 bits per heavy atom. The van der Waals surface area contributed by atoms with Crippen molar-refractivity contribution in [3.05, 3.63) is 35.4 Å². The zero-order chi connectivity index (χ0) is 15.1. The Labute approximate surface area is 124 Å². The molecule has 0 aliphatic heterocycles. The molecule has 0 aliphatic rings. The fraction of sp³-hybridized carbons (Fsp3) is 0.588. The van der Waals surface area contributed by atoms with Gasteiger partial charge < -0.3 is 9.80 Å². The van der Waals surface area contributed by atoms with Gasteiger partial charge in [0.1, 0.15) is 0 Å². The number of aryl methyl sites for hydroxylation is 1. The predicted octanol–water partition coefficient (Wildman–Crippen LogP) is 3.22. The lowest BCUT2D eigenvalue weighted by molar-refractivity contribution is 0.479. The molecule has 0 heterocycles. The second kappa shape index (κ2) is 7.93. The Morgan fingerprint density at radius 1 is 1.00 bits per heavy atom. The van der Waals surface area contributed by atoms with Gasteiger partial charge in [-0.25, -0.2) is 0 Å². The maximum Gasteiger partial charge on any atom is 0.195 e. The van der Waals surface area contributed by atoms with Gasteiger partial charge in [0, 0.05) is 34.7 Å². The fourth-order valence-corrected chi connectivity index (χ4v) is 2.21. The van der Waals surface area contributed by atoms with Crippen LogP contribution in [-0.4, -0.2) is 50.5 Å². The van der Waals surface area contributed by atoms with Gasteiger partial charge in [-0.2, -0.15) is 0 Å². The largest absolute Gasteiger partial charge is 0.349 e. The molecule has 0 N–H and O–H groups in total. The average Bonchev–Trinajstić information content (AvgIpc) is 2.38. The first-order valence-corrected chi connectivity index (χ1v) is 7.39. The van der Waals surface area contributed by atoms with Gasteiger partial charge in [0.2, 0.25) is 0 Å². The molecule has 1 aromatic rings. The molecule has 1 rings (SSSR count). The van der Waals surface area contributed by atoms with Crippen molar-refractivity contribution < 1.29 is 0 Å². The molecule has 112 valence electrons. The summed E-state index contributed by atoms with van der Waals surface area (Å²) in [6.07, 6.45) is 2.18. The van der Waals surface area contributed by atoms with Gasteiger partial charge in [0.15, 0.2) is 5.96 Å². The number of nitrogens with zero attached hydrogens (tertiary/aromatic N) is 3. The molecule has 0 saturated heterocycles. The van der Waals surface area contributed by atoms with Crippen molar-refractivity contribution in [3.63, 3.8) is 0 Å². The molecular formula is C17H29N3. The zero-order valence-corrected chi connectivity index (χ0v) is 13.8. The van der Waals surface area contributed by atoms with E-state index in [9.17, 15) is 0 Å². The van der Waals surface area contributed by atoms with Crippen molar-refractivity contribution >= 4 is 5.96 Å². The number of guanidine groups is 1. The highest BCUT2D eigenvalue weighted by Crippen LogP contribution is 2.15. The van der Waals surface area contributed by atoms with Crippen LogP contribution < -0.4 is 0 Å². The van der Waals surface area contributed by atoms with E-state index in [4.69, 9.17) is 0 Å². The predicted molar refractivity (Wildman–Crippen MR) is 88.5 cm³/mol. The van der Waals surface area contributed by atoms with Crippen molar-refractivity contribution in [2.75, 3.05) is 34.7 Å². The summed E-state index contributed by atoms with van der Waals surface area (Å²) >= 11 is 0. The topological polar surface area (TPSA) is 18.8 Å². The molecule has 0 aliphatic carbocycles. The molecule has 3 heteroatoms. The number of aliphatic imine (C=N–C) groups is 1. The third kappa shape index (κ3) is 5.24. The van der Waals surface area contributed by atoms with E-state index in [1.54, 1.807) is 0 Å². The van der Waals surface area contributed by atoms with Crippen LogP contribution in [0.4, 0.5) is 0 Å². The average molecular weight is 275 g/mol. The standard InChI is InChI=1S/C17H29N3/c1-14(2)16-11-9-15(10-12-16)8-7-13-18-17(19(3)4)20(5)6/h9-12,14H,7-8,13H2,1-6H3. The van der Waals surface area contributed by atoms with Crippen molar-refractivity contribution in [2.24, 2.45) is 4.99 Å². The molecular weight excluding hydrogens is 246 g/mol. The van der Waals surface area contributed by atoms with E-state index in [-0.39, 0.29) is 0 Å². The summed E-state index contributed by atoms with van der Waals surface area (Å²) in [5.41, 5.74) is 2.81. The highest BCUT2D eigenvalue weighted by atomic mass is 15.3. The van der Waals surface area contributed by atoms with Gasteiger partial charge in [-0.15, -0.1) is 0 Å². The van der Waals surface area contributed by atoms with E-state index in [1.165, 1.54) is 11.1 Å². The van der Waals surface area contributed by atoms with Crippen LogP contribution in [0.3, 0.4) is 0 Å². The molecule has 0 aromatic heterocycles. The van der Waals surface area contributed by atoms with Crippen LogP contribution in [-0.2, 0) is 6.42 Å². The van der Waals surface area contributed by atoms with Gasteiger partial charge >= 0.3 is 0 Å². The van der Waals surface area contributed by atoms with Crippen LogP contribution in [0.15, 0.2) is 29.3 Å². The highest BCUT2D eigenvalue weighted by molar-refractivity contribution is 5.79. The van der Waals surface area contributed by atoms with Gasteiger partial charge in [0.25, 0.3) is 0 Å². The molecule has 0 bridgehead atoms. The summed E-state index contributed by atoms with van der Waals surface area (Å²) in [7, 11) is 8.12. The third-order valence-corrected chi connectivity index (χ3v) is 3.32. The maximum absolute atomic E-state index is 4.65. The summed E-state index contributed by atoms with van der Waals surface area (Å²) in [5, 5.41) is 0. The SMILES string of the molecule is CC(C)c1ccc(CCCN=C(N(C)C)N(C)C)cc1. The number of hydrogen-bond acceptors (Lipinski definition) is 1. The Bertz CT molecular complexity index is 406. The van der Waals surface area contributed by atoms with E-state index in [2.05, 4.69) is 52.9 Å². The monoisotopic (exact) mass is 275 g/mol. The summed E-state index contributed by atoms with van der Waals surface area (Å²) in [6.45, 7) is 5.33. The zero-order valence-electron chi connectivity index (χ0n) is 13.8. The Kier molecular flexibility index (Phi) is 6.56. The van der Waals surface area contributed by atoms with Crippen LogP contribution in [0.5, 0.6) is 0 Å². The van der Waals surface area contributed by atoms with Gasteiger partial charge in [-0.1, -0.05) is 38.1 Å². The first-order valence-electron chi connectivity index (χ1n) is 7.39. The molecule has 0 saturated carbocycles. The molecule has 0 amide bonds. The van der Waals surface area contributed by atoms with Crippen molar-refractivity contribution in [1.82, 2.24) is 9.80 Å². The van der Waals surface area contributed by atoms with Crippen LogP contribution in [0.25, 0.3) is 0 Å². The quantitative estimate of drug-likeness (QED) is 0.467. The maximum atomic E-state index is 4.65. The molecule has 0 radical (unpaired) electrons. The van der Waals surface area contributed by atoms with Gasteiger partial charge in [0.05, 0.1) is 0 Å². The summed E-state index contributed by atoms with van der Waals surface area (Å²) < 4.78 is 0. The minimum Gasteiger partial charge on any atom is -0.349 e. The lowest BCUT2D eigenvalue weighted by atomic mass is 10.0. The normalized spacial score (nSPS) is 10.6. The van der Waals surface area contributed by atoms with Crippen LogP contribution in [0, 0.1) is 0 Å². The lowest BCUT2D eigenvalue weighted by Gasteiger charge is -2.22. The third-order valence-electron chi connectivity index (χ3n) is 3.32. The number of hydrogen-bond donors (Lipinski definition) is 0. The second-order valence-corrected chi connectivity index (χ2v) is 5.97. The van der Waals surface area contributed by atoms with Crippen LogP contribution in [0.1, 0.15) is 37.3 Å². The lowest BCUT2D eigenvalue weighted by Crippen LogP contribution is -2.35. The van der Waals surface area contributed by atoms with Gasteiger partial charge in [-0.3, -0.25) is 4.99 Å². The Hall–Kier alpha value is -1.51. The second-order valence-electron chi connectivity index (χ2n) is 5.97. The summed E-state index contributed by atoms with van der Waals surface area (Å²) in [5.74, 6) is 1.64. The van der Waals surface area contributed by atoms with Crippen molar-refractivity contribution in [1.29, 1.82) is 0 Å². The first-order chi connectivity index (χ1) is 9.41. The van der Waals surface area contributed by atoms with E-state index in [0.29, 0.717) is 5.92 Å². The van der Waals surface area contributed by atoms with Crippen molar-refractivity contribution in [2.45, 2.75) is 32.6 Å². The molecule has 0 atom stereocenters. The molecule has 0 unspecified atom stereocenters. The minimum atomic E-state index is 0.608. The van der Waals surface area contributed by atoms with E-state index in [0.717, 1.165) is 25.3 Å². The van der Waals surface area contributed by atoms with Crippen LogP contribution >= 0.6 is 0 Å². The molecule has 0 spiro atoms. The molecule has 0 fully saturated rings. The van der Waals surface area contributed by atoms with Crippen molar-refractivity contribution in [3.8, 4) is 0 Å². The fourth-order valence-electron chi connectivity index (χ4n) is 2.21. The minimum absolute atomic E-state index is 0.608. The molecule has 20 heavy (non-hydrogen) atoms. The number of rotatable bonds is 5. The molecule has 3 nitrogen and oxygen atoms in total.